The highest BCUT2D eigenvalue weighted by Gasteiger charge is 2.21. The highest BCUT2D eigenvalue weighted by atomic mass is 16.4. The molecule has 2 atom stereocenters. The van der Waals surface area contributed by atoms with Crippen molar-refractivity contribution in [1.29, 1.82) is 0 Å². The number of rotatable bonds is 7. The first-order chi connectivity index (χ1) is 7.38. The first kappa shape index (κ1) is 14.9. The fraction of sp³-hybridized carbons (Fsp3) is 0.818. The molecule has 0 aromatic heterocycles. The third-order valence-electron chi connectivity index (χ3n) is 2.58. The molecule has 0 aromatic carbocycles. The molecule has 0 heterocycles. The van der Waals surface area contributed by atoms with Gasteiger partial charge in [-0.2, -0.15) is 0 Å². The van der Waals surface area contributed by atoms with E-state index in [1.165, 1.54) is 0 Å². The summed E-state index contributed by atoms with van der Waals surface area (Å²) in [5.41, 5.74) is 5.52. The van der Waals surface area contributed by atoms with E-state index in [0.717, 1.165) is 0 Å². The molecule has 2 unspecified atom stereocenters. The average Bonchev–Trinajstić information content (AvgIpc) is 2.15. The first-order valence-electron chi connectivity index (χ1n) is 5.60. The van der Waals surface area contributed by atoms with Gasteiger partial charge in [0.25, 0.3) is 0 Å². The molecule has 94 valence electrons. The average molecular weight is 230 g/mol. The molecule has 0 aliphatic carbocycles. The monoisotopic (exact) mass is 230 g/mol. The number of carboxylic acids is 1. The SMILES string of the molecule is CC(CCC(=O)O)NC(=O)C(CN)C(C)C. The molecule has 0 aliphatic rings. The third-order valence-corrected chi connectivity index (χ3v) is 2.58. The number of nitrogens with one attached hydrogen (secondary N) is 1. The van der Waals surface area contributed by atoms with Crippen LogP contribution < -0.4 is 11.1 Å². The maximum atomic E-state index is 11.7. The molecule has 0 radical (unpaired) electrons. The van der Waals surface area contributed by atoms with Gasteiger partial charge in [0.15, 0.2) is 0 Å². The summed E-state index contributed by atoms with van der Waals surface area (Å²) in [6.07, 6.45) is 0.507. The summed E-state index contributed by atoms with van der Waals surface area (Å²) >= 11 is 0. The second-order valence-corrected chi connectivity index (χ2v) is 4.43. The molecule has 16 heavy (non-hydrogen) atoms. The number of carbonyl (C=O) groups is 2. The molecule has 0 saturated carbocycles. The Hall–Kier alpha value is -1.10. The molecule has 0 bridgehead atoms. The van der Waals surface area contributed by atoms with Crippen LogP contribution in [0.25, 0.3) is 0 Å². The van der Waals surface area contributed by atoms with Crippen molar-refractivity contribution in [3.05, 3.63) is 0 Å². The lowest BCUT2D eigenvalue weighted by Gasteiger charge is -2.21. The summed E-state index contributed by atoms with van der Waals surface area (Å²) in [6, 6.07) is -0.128. The minimum absolute atomic E-state index is 0.0659. The normalized spacial score (nSPS) is 14.6. The van der Waals surface area contributed by atoms with Crippen molar-refractivity contribution in [1.82, 2.24) is 5.32 Å². The van der Waals surface area contributed by atoms with Crippen molar-refractivity contribution in [3.8, 4) is 0 Å². The Labute approximate surface area is 96.4 Å². The molecule has 0 aliphatic heterocycles. The van der Waals surface area contributed by atoms with Gasteiger partial charge in [-0.25, -0.2) is 0 Å². The Bertz CT molecular complexity index is 241. The van der Waals surface area contributed by atoms with Crippen LogP contribution in [0.3, 0.4) is 0 Å². The quantitative estimate of drug-likeness (QED) is 0.596. The van der Waals surface area contributed by atoms with Gasteiger partial charge >= 0.3 is 5.97 Å². The number of amides is 1. The van der Waals surface area contributed by atoms with Crippen LogP contribution in [0.5, 0.6) is 0 Å². The smallest absolute Gasteiger partial charge is 0.303 e. The lowest BCUT2D eigenvalue weighted by molar-refractivity contribution is -0.137. The van der Waals surface area contributed by atoms with E-state index in [-0.39, 0.29) is 30.2 Å². The summed E-state index contributed by atoms with van der Waals surface area (Å²) in [7, 11) is 0. The van der Waals surface area contributed by atoms with Gasteiger partial charge in [0.1, 0.15) is 0 Å². The number of nitrogens with two attached hydrogens (primary N) is 1. The highest BCUT2D eigenvalue weighted by Crippen LogP contribution is 2.10. The van der Waals surface area contributed by atoms with Crippen LogP contribution in [0.4, 0.5) is 0 Å². The zero-order chi connectivity index (χ0) is 12.7. The zero-order valence-electron chi connectivity index (χ0n) is 10.2. The second-order valence-electron chi connectivity index (χ2n) is 4.43. The van der Waals surface area contributed by atoms with Crippen molar-refractivity contribution in [2.24, 2.45) is 17.6 Å². The van der Waals surface area contributed by atoms with Crippen LogP contribution in [0.1, 0.15) is 33.6 Å². The molecule has 5 heteroatoms. The fourth-order valence-electron chi connectivity index (χ4n) is 1.44. The van der Waals surface area contributed by atoms with E-state index in [2.05, 4.69) is 5.32 Å². The van der Waals surface area contributed by atoms with Gasteiger partial charge in [0, 0.05) is 19.0 Å². The summed E-state index contributed by atoms with van der Waals surface area (Å²) in [5, 5.41) is 11.3. The maximum Gasteiger partial charge on any atom is 0.303 e. The summed E-state index contributed by atoms with van der Waals surface area (Å²) in [5.74, 6) is -0.945. The zero-order valence-corrected chi connectivity index (χ0v) is 10.2. The van der Waals surface area contributed by atoms with Crippen LogP contribution in [0, 0.1) is 11.8 Å². The molecular weight excluding hydrogens is 208 g/mol. The molecule has 4 N–H and O–H groups in total. The summed E-state index contributed by atoms with van der Waals surface area (Å²) in [6.45, 7) is 6.00. The van der Waals surface area contributed by atoms with Crippen LogP contribution in [0.2, 0.25) is 0 Å². The maximum absolute atomic E-state index is 11.7. The van der Waals surface area contributed by atoms with Gasteiger partial charge in [-0.1, -0.05) is 13.8 Å². The molecule has 5 nitrogen and oxygen atoms in total. The predicted molar refractivity (Wildman–Crippen MR) is 61.9 cm³/mol. The van der Waals surface area contributed by atoms with E-state index in [1.807, 2.05) is 13.8 Å². The molecule has 0 aromatic rings. The molecule has 0 fully saturated rings. The predicted octanol–water partition coefficient (Wildman–Crippen LogP) is 0.587. The number of carbonyl (C=O) groups excluding carboxylic acids is 1. The van der Waals surface area contributed by atoms with Crippen molar-refractivity contribution in [3.63, 3.8) is 0 Å². The number of hydrogen-bond acceptors (Lipinski definition) is 3. The van der Waals surface area contributed by atoms with Gasteiger partial charge in [-0.05, 0) is 19.3 Å². The highest BCUT2D eigenvalue weighted by molar-refractivity contribution is 5.79. The first-order valence-corrected chi connectivity index (χ1v) is 5.60. The molecule has 0 rings (SSSR count). The van der Waals surface area contributed by atoms with E-state index in [9.17, 15) is 9.59 Å². The van der Waals surface area contributed by atoms with Crippen LogP contribution in [-0.2, 0) is 9.59 Å². The number of hydrogen-bond donors (Lipinski definition) is 3. The van der Waals surface area contributed by atoms with Crippen molar-refractivity contribution in [2.45, 2.75) is 39.7 Å². The Morgan fingerprint density at radius 3 is 2.25 bits per heavy atom. The minimum atomic E-state index is -0.847. The Balaban J connectivity index is 4.06. The van der Waals surface area contributed by atoms with Gasteiger partial charge in [-0.15, -0.1) is 0 Å². The summed E-state index contributed by atoms with van der Waals surface area (Å²) in [4.78, 5) is 22.1. The van der Waals surface area contributed by atoms with E-state index >= 15 is 0 Å². The van der Waals surface area contributed by atoms with Gasteiger partial charge < -0.3 is 16.2 Å². The van der Waals surface area contributed by atoms with Crippen LogP contribution >= 0.6 is 0 Å². The van der Waals surface area contributed by atoms with Gasteiger partial charge in [0.05, 0.1) is 5.92 Å². The lowest BCUT2D eigenvalue weighted by atomic mass is 9.94. The van der Waals surface area contributed by atoms with Gasteiger partial charge in [-0.3, -0.25) is 9.59 Å². The number of carboxylic acid groups (broad SMARTS) is 1. The molecule has 0 saturated heterocycles. The minimum Gasteiger partial charge on any atom is -0.481 e. The number of aliphatic carboxylic acids is 1. The summed E-state index contributed by atoms with van der Waals surface area (Å²) < 4.78 is 0. The Morgan fingerprint density at radius 1 is 1.31 bits per heavy atom. The van der Waals surface area contributed by atoms with Crippen molar-refractivity contribution in [2.75, 3.05) is 6.54 Å². The van der Waals surface area contributed by atoms with Crippen molar-refractivity contribution >= 4 is 11.9 Å². The molecule has 1 amide bonds. The topological polar surface area (TPSA) is 92.4 Å². The second kappa shape index (κ2) is 7.22. The largest absolute Gasteiger partial charge is 0.481 e. The Morgan fingerprint density at radius 2 is 1.88 bits per heavy atom. The lowest BCUT2D eigenvalue weighted by Crippen LogP contribution is -2.42. The van der Waals surface area contributed by atoms with E-state index in [0.29, 0.717) is 13.0 Å². The van der Waals surface area contributed by atoms with E-state index < -0.39 is 5.97 Å². The van der Waals surface area contributed by atoms with Gasteiger partial charge in [0.2, 0.25) is 5.91 Å². The van der Waals surface area contributed by atoms with E-state index in [4.69, 9.17) is 10.8 Å². The van der Waals surface area contributed by atoms with Crippen LogP contribution in [0.15, 0.2) is 0 Å². The standard InChI is InChI=1S/C11H22N2O3/c1-7(2)9(6-12)11(16)13-8(3)4-5-10(14)15/h7-9H,4-6,12H2,1-3H3,(H,13,16)(H,14,15). The fourth-order valence-corrected chi connectivity index (χ4v) is 1.44. The van der Waals surface area contributed by atoms with E-state index in [1.54, 1.807) is 6.92 Å². The molecular formula is C11H22N2O3. The third kappa shape index (κ3) is 5.70. The molecule has 0 spiro atoms. The van der Waals surface area contributed by atoms with Crippen LogP contribution in [-0.4, -0.2) is 29.6 Å². The Kier molecular flexibility index (Phi) is 6.72. The van der Waals surface area contributed by atoms with Crippen molar-refractivity contribution < 1.29 is 14.7 Å².